The number of ether oxygens (including phenoxy) is 2. The number of rotatable bonds is 6. The van der Waals surface area contributed by atoms with Crippen molar-refractivity contribution < 1.29 is 18.7 Å². The lowest BCUT2D eigenvalue weighted by Gasteiger charge is -2.20. The molecule has 0 saturated carbocycles. The van der Waals surface area contributed by atoms with Crippen LogP contribution in [0.2, 0.25) is 5.02 Å². The zero-order valence-electron chi connectivity index (χ0n) is 13.4. The molecule has 0 atom stereocenters. The minimum absolute atomic E-state index is 0.102. The number of carbonyl (C=O) groups excluding carboxylic acids is 1. The highest BCUT2D eigenvalue weighted by Gasteiger charge is 2.16. The second-order valence-electron chi connectivity index (χ2n) is 5.41. The molecule has 1 heterocycles. The molecule has 2 aromatic carbocycles. The average molecular weight is 382 g/mol. The molecule has 0 fully saturated rings. The first-order chi connectivity index (χ1) is 12.1. The molecule has 1 N–H and O–H groups in total. The van der Waals surface area contributed by atoms with Gasteiger partial charge in [-0.25, -0.2) is 4.39 Å². The van der Waals surface area contributed by atoms with Gasteiger partial charge in [0, 0.05) is 23.6 Å². The Morgan fingerprint density at radius 2 is 2.04 bits per heavy atom. The molecule has 0 radical (unpaired) electrons. The summed E-state index contributed by atoms with van der Waals surface area (Å²) in [5.41, 5.74) is 0.837. The van der Waals surface area contributed by atoms with E-state index >= 15 is 0 Å². The molecule has 0 spiro atoms. The van der Waals surface area contributed by atoms with E-state index in [0.717, 1.165) is 5.56 Å². The number of carbonyl (C=O) groups is 1. The molecule has 1 aliphatic heterocycles. The van der Waals surface area contributed by atoms with E-state index in [1.54, 1.807) is 24.3 Å². The third-order valence-corrected chi connectivity index (χ3v) is 4.90. The van der Waals surface area contributed by atoms with Crippen LogP contribution in [0.15, 0.2) is 41.3 Å². The summed E-state index contributed by atoms with van der Waals surface area (Å²) in [7, 11) is 0. The zero-order chi connectivity index (χ0) is 17.6. The lowest BCUT2D eigenvalue weighted by atomic mass is 10.2. The van der Waals surface area contributed by atoms with Crippen LogP contribution in [0, 0.1) is 5.82 Å². The maximum atomic E-state index is 13.5. The smallest absolute Gasteiger partial charge is 0.221 e. The predicted octanol–water partition coefficient (Wildman–Crippen LogP) is 4.05. The third kappa shape index (κ3) is 4.80. The molecular formula is C18H17ClFNO3S. The summed E-state index contributed by atoms with van der Waals surface area (Å²) in [5.74, 6) is 1.28. The van der Waals surface area contributed by atoms with E-state index in [9.17, 15) is 9.18 Å². The molecule has 7 heteroatoms. The molecular weight excluding hydrogens is 365 g/mol. The van der Waals surface area contributed by atoms with Crippen molar-refractivity contribution in [2.45, 2.75) is 17.9 Å². The van der Waals surface area contributed by atoms with Crippen LogP contribution in [-0.4, -0.2) is 24.9 Å². The van der Waals surface area contributed by atoms with E-state index < -0.39 is 0 Å². The van der Waals surface area contributed by atoms with Gasteiger partial charge < -0.3 is 14.8 Å². The molecule has 0 aliphatic carbocycles. The quantitative estimate of drug-likeness (QED) is 0.767. The maximum absolute atomic E-state index is 13.5. The summed E-state index contributed by atoms with van der Waals surface area (Å²) in [5, 5.41) is 3.30. The van der Waals surface area contributed by atoms with Crippen molar-refractivity contribution in [2.75, 3.05) is 19.0 Å². The van der Waals surface area contributed by atoms with Crippen molar-refractivity contribution in [1.82, 2.24) is 5.32 Å². The molecule has 25 heavy (non-hydrogen) atoms. The van der Waals surface area contributed by atoms with E-state index in [-0.39, 0.29) is 11.7 Å². The summed E-state index contributed by atoms with van der Waals surface area (Å²) in [6.45, 7) is 1.30. The standard InChI is InChI=1S/C18H17ClFNO3S/c19-13-9-12(10-15-18(13)24-7-6-23-15)11-21-17(22)5-8-25-16-4-2-1-3-14(16)20/h1-4,9-10H,5-8,11H2,(H,21,22). The zero-order valence-corrected chi connectivity index (χ0v) is 15.0. The van der Waals surface area contributed by atoms with E-state index in [1.807, 2.05) is 6.07 Å². The van der Waals surface area contributed by atoms with Crippen LogP contribution in [0.1, 0.15) is 12.0 Å². The van der Waals surface area contributed by atoms with Crippen LogP contribution in [0.25, 0.3) is 0 Å². The molecule has 0 aromatic heterocycles. The van der Waals surface area contributed by atoms with Gasteiger partial charge >= 0.3 is 0 Å². The van der Waals surface area contributed by atoms with E-state index in [1.165, 1.54) is 17.8 Å². The minimum Gasteiger partial charge on any atom is -0.486 e. The van der Waals surface area contributed by atoms with Gasteiger partial charge in [0.05, 0.1) is 5.02 Å². The van der Waals surface area contributed by atoms with E-state index in [4.69, 9.17) is 21.1 Å². The molecule has 0 unspecified atom stereocenters. The number of hydrogen-bond donors (Lipinski definition) is 1. The lowest BCUT2D eigenvalue weighted by molar-refractivity contribution is -0.120. The number of fused-ring (bicyclic) bond motifs is 1. The Labute approximate surface area is 154 Å². The van der Waals surface area contributed by atoms with Crippen LogP contribution in [0.3, 0.4) is 0 Å². The lowest BCUT2D eigenvalue weighted by Crippen LogP contribution is -2.23. The first kappa shape index (κ1) is 17.9. The monoisotopic (exact) mass is 381 g/mol. The molecule has 1 amide bonds. The summed E-state index contributed by atoms with van der Waals surface area (Å²) in [4.78, 5) is 12.5. The SMILES string of the molecule is O=C(CCSc1ccccc1F)NCc1cc(Cl)c2c(c1)OCCO2. The van der Waals surface area contributed by atoms with Gasteiger partial charge in [0.1, 0.15) is 19.0 Å². The number of hydrogen-bond acceptors (Lipinski definition) is 4. The van der Waals surface area contributed by atoms with Crippen LogP contribution in [-0.2, 0) is 11.3 Å². The van der Waals surface area contributed by atoms with Gasteiger partial charge in [0.2, 0.25) is 5.91 Å². The Bertz CT molecular complexity index is 772. The van der Waals surface area contributed by atoms with Crippen molar-refractivity contribution in [2.24, 2.45) is 0 Å². The second kappa shape index (κ2) is 8.45. The van der Waals surface area contributed by atoms with Crippen LogP contribution in [0.4, 0.5) is 4.39 Å². The minimum atomic E-state index is -0.265. The van der Waals surface area contributed by atoms with Gasteiger partial charge in [0.15, 0.2) is 11.5 Å². The number of halogens is 2. The maximum Gasteiger partial charge on any atom is 0.221 e. The van der Waals surface area contributed by atoms with E-state index in [2.05, 4.69) is 5.32 Å². The summed E-state index contributed by atoms with van der Waals surface area (Å²) in [6, 6.07) is 10.1. The van der Waals surface area contributed by atoms with Crippen molar-refractivity contribution in [3.05, 3.63) is 52.8 Å². The molecule has 2 aromatic rings. The predicted molar refractivity (Wildman–Crippen MR) is 96.0 cm³/mol. The Morgan fingerprint density at radius 1 is 1.24 bits per heavy atom. The fraction of sp³-hybridized carbons (Fsp3) is 0.278. The van der Waals surface area contributed by atoms with Crippen LogP contribution in [0.5, 0.6) is 11.5 Å². The van der Waals surface area contributed by atoms with Crippen molar-refractivity contribution >= 4 is 29.3 Å². The molecule has 3 rings (SSSR count). The van der Waals surface area contributed by atoms with Gasteiger partial charge in [-0.15, -0.1) is 11.8 Å². The number of benzene rings is 2. The molecule has 1 aliphatic rings. The molecule has 132 valence electrons. The fourth-order valence-electron chi connectivity index (χ4n) is 2.37. The summed E-state index contributed by atoms with van der Waals surface area (Å²) in [6.07, 6.45) is 0.303. The van der Waals surface area contributed by atoms with Gasteiger partial charge in [-0.05, 0) is 29.8 Å². The molecule has 0 bridgehead atoms. The van der Waals surface area contributed by atoms with Gasteiger partial charge in [0.25, 0.3) is 0 Å². The Balaban J connectivity index is 1.48. The van der Waals surface area contributed by atoms with E-state index in [0.29, 0.717) is 53.3 Å². The normalized spacial score (nSPS) is 12.7. The first-order valence-corrected chi connectivity index (χ1v) is 9.22. The highest BCUT2D eigenvalue weighted by molar-refractivity contribution is 7.99. The van der Waals surface area contributed by atoms with Gasteiger partial charge in [-0.1, -0.05) is 23.7 Å². The van der Waals surface area contributed by atoms with Crippen molar-refractivity contribution in [3.8, 4) is 11.5 Å². The second-order valence-corrected chi connectivity index (χ2v) is 6.95. The largest absolute Gasteiger partial charge is 0.486 e. The summed E-state index contributed by atoms with van der Waals surface area (Å²) < 4.78 is 24.5. The Morgan fingerprint density at radius 3 is 2.88 bits per heavy atom. The number of amides is 1. The third-order valence-electron chi connectivity index (χ3n) is 3.57. The van der Waals surface area contributed by atoms with Crippen molar-refractivity contribution in [3.63, 3.8) is 0 Å². The van der Waals surface area contributed by atoms with Crippen LogP contribution < -0.4 is 14.8 Å². The highest BCUT2D eigenvalue weighted by atomic mass is 35.5. The van der Waals surface area contributed by atoms with Gasteiger partial charge in [-0.2, -0.15) is 0 Å². The van der Waals surface area contributed by atoms with Crippen molar-refractivity contribution in [1.29, 1.82) is 0 Å². The topological polar surface area (TPSA) is 47.6 Å². The first-order valence-electron chi connectivity index (χ1n) is 7.85. The Hall–Kier alpha value is -1.92. The van der Waals surface area contributed by atoms with Crippen LogP contribution >= 0.6 is 23.4 Å². The summed E-state index contributed by atoms with van der Waals surface area (Å²) >= 11 is 7.50. The molecule has 0 saturated heterocycles. The average Bonchev–Trinajstić information content (AvgIpc) is 2.62. The number of nitrogens with one attached hydrogen (secondary N) is 1. The fourth-order valence-corrected chi connectivity index (χ4v) is 3.55. The van der Waals surface area contributed by atoms with Gasteiger partial charge in [-0.3, -0.25) is 4.79 Å². The highest BCUT2D eigenvalue weighted by Crippen LogP contribution is 2.38. The Kier molecular flexibility index (Phi) is 6.04. The number of thioether (sulfide) groups is 1. The molecule has 4 nitrogen and oxygen atoms in total.